The topological polar surface area (TPSA) is 28.7 Å². The van der Waals surface area contributed by atoms with E-state index in [0.29, 0.717) is 0 Å². The van der Waals surface area contributed by atoms with Gasteiger partial charge in [0, 0.05) is 10.6 Å². The third-order valence-electron chi connectivity index (χ3n) is 2.83. The molecular formula is C13H6Cl3F3N2. The molecule has 0 N–H and O–H groups in total. The summed E-state index contributed by atoms with van der Waals surface area (Å²) in [6, 6.07) is 7.39. The van der Waals surface area contributed by atoms with Crippen molar-refractivity contribution in [3.8, 4) is 17.3 Å². The van der Waals surface area contributed by atoms with Crippen molar-refractivity contribution >= 4 is 34.8 Å². The highest BCUT2D eigenvalue weighted by Gasteiger charge is 2.41. The van der Waals surface area contributed by atoms with Crippen molar-refractivity contribution in [3.63, 3.8) is 0 Å². The minimum atomic E-state index is -4.74. The van der Waals surface area contributed by atoms with Crippen LogP contribution in [0.5, 0.6) is 0 Å². The predicted octanol–water partition coefficient (Wildman–Crippen LogP) is 5.55. The average molecular weight is 354 g/mol. The Morgan fingerprint density at radius 2 is 1.81 bits per heavy atom. The zero-order valence-electron chi connectivity index (χ0n) is 10.2. The van der Waals surface area contributed by atoms with Crippen molar-refractivity contribution in [2.24, 2.45) is 0 Å². The molecule has 1 aromatic heterocycles. The first-order valence-electron chi connectivity index (χ1n) is 5.53. The largest absolute Gasteiger partial charge is 0.433 e. The van der Waals surface area contributed by atoms with Crippen molar-refractivity contribution in [1.82, 2.24) is 4.57 Å². The van der Waals surface area contributed by atoms with E-state index < -0.39 is 22.9 Å². The summed E-state index contributed by atoms with van der Waals surface area (Å²) < 4.78 is 40.1. The van der Waals surface area contributed by atoms with E-state index in [1.54, 1.807) is 18.2 Å². The van der Waals surface area contributed by atoms with Crippen molar-refractivity contribution in [2.75, 3.05) is 0 Å². The van der Waals surface area contributed by atoms with Crippen LogP contribution in [-0.2, 0) is 12.2 Å². The van der Waals surface area contributed by atoms with Gasteiger partial charge in [-0.2, -0.15) is 18.4 Å². The Bertz CT molecular complexity index is 729. The number of hydrogen-bond donors (Lipinski definition) is 0. The standard InChI is InChI=1S/C13H6Cl3F3N2/c14-6-21-11(7-3-1-2-4-9(7)15)8(5-20)10(16)12(21)13(17,18)19/h1-4H,6H2. The molecule has 1 heterocycles. The van der Waals surface area contributed by atoms with Crippen LogP contribution < -0.4 is 0 Å². The fraction of sp³-hybridized carbons (Fsp3) is 0.154. The summed E-state index contributed by atoms with van der Waals surface area (Å²) in [5.41, 5.74) is -1.26. The molecule has 2 nitrogen and oxygen atoms in total. The van der Waals surface area contributed by atoms with Crippen molar-refractivity contribution in [3.05, 3.63) is 45.6 Å². The molecule has 0 unspecified atom stereocenters. The van der Waals surface area contributed by atoms with Crippen molar-refractivity contribution in [2.45, 2.75) is 12.2 Å². The molecule has 0 aliphatic rings. The van der Waals surface area contributed by atoms with Gasteiger partial charge in [-0.15, -0.1) is 11.6 Å². The molecule has 2 aromatic rings. The highest BCUT2D eigenvalue weighted by molar-refractivity contribution is 6.35. The molecular weight excluding hydrogens is 348 g/mol. The quantitative estimate of drug-likeness (QED) is 0.651. The Hall–Kier alpha value is -1.35. The molecule has 0 atom stereocenters. The minimum absolute atomic E-state index is 0.0459. The van der Waals surface area contributed by atoms with E-state index in [1.165, 1.54) is 12.1 Å². The van der Waals surface area contributed by atoms with Crippen LogP contribution in [0.2, 0.25) is 10.0 Å². The maximum atomic E-state index is 13.1. The number of alkyl halides is 4. The monoisotopic (exact) mass is 352 g/mol. The SMILES string of the molecule is N#Cc1c(Cl)c(C(F)(F)F)n(CCl)c1-c1ccccc1Cl. The Balaban J connectivity index is 2.91. The number of aromatic nitrogens is 1. The molecule has 0 saturated heterocycles. The Kier molecular flexibility index (Phi) is 4.43. The molecule has 21 heavy (non-hydrogen) atoms. The Morgan fingerprint density at radius 1 is 1.19 bits per heavy atom. The fourth-order valence-corrected chi connectivity index (χ4v) is 2.83. The van der Waals surface area contributed by atoms with Gasteiger partial charge >= 0.3 is 6.18 Å². The smallest absolute Gasteiger partial charge is 0.320 e. The number of hydrogen-bond acceptors (Lipinski definition) is 1. The lowest BCUT2D eigenvalue weighted by molar-refractivity contribution is -0.143. The molecule has 1 aromatic carbocycles. The van der Waals surface area contributed by atoms with Gasteiger partial charge in [0.1, 0.15) is 11.8 Å². The normalized spacial score (nSPS) is 11.5. The Labute approximate surface area is 133 Å². The zero-order chi connectivity index (χ0) is 15.8. The van der Waals surface area contributed by atoms with E-state index in [9.17, 15) is 13.2 Å². The van der Waals surface area contributed by atoms with Crippen molar-refractivity contribution in [1.29, 1.82) is 5.26 Å². The van der Waals surface area contributed by atoms with Gasteiger partial charge in [0.2, 0.25) is 0 Å². The summed E-state index contributed by atoms with van der Waals surface area (Å²) in [6.07, 6.45) is -4.74. The highest BCUT2D eigenvalue weighted by Crippen LogP contribution is 2.44. The maximum Gasteiger partial charge on any atom is 0.433 e. The lowest BCUT2D eigenvalue weighted by Crippen LogP contribution is -2.13. The highest BCUT2D eigenvalue weighted by atomic mass is 35.5. The molecule has 0 spiro atoms. The van der Waals surface area contributed by atoms with Gasteiger partial charge in [-0.25, -0.2) is 0 Å². The average Bonchev–Trinajstić information content (AvgIpc) is 2.70. The molecule has 0 saturated carbocycles. The summed E-state index contributed by atoms with van der Waals surface area (Å²) in [4.78, 5) is 0. The minimum Gasteiger partial charge on any atom is -0.320 e. The molecule has 110 valence electrons. The first-order valence-corrected chi connectivity index (χ1v) is 6.82. The van der Waals surface area contributed by atoms with Crippen LogP contribution in [0.4, 0.5) is 13.2 Å². The number of halogens is 6. The molecule has 0 aliphatic heterocycles. The van der Waals surface area contributed by atoms with E-state index in [0.717, 1.165) is 4.57 Å². The van der Waals surface area contributed by atoms with Gasteiger partial charge in [-0.1, -0.05) is 41.4 Å². The van der Waals surface area contributed by atoms with Gasteiger partial charge in [0.05, 0.1) is 22.3 Å². The summed E-state index contributed by atoms with van der Waals surface area (Å²) in [7, 11) is 0. The lowest BCUT2D eigenvalue weighted by atomic mass is 10.1. The van der Waals surface area contributed by atoms with Crippen LogP contribution in [0.1, 0.15) is 11.3 Å². The van der Waals surface area contributed by atoms with E-state index >= 15 is 0 Å². The van der Waals surface area contributed by atoms with Crippen LogP contribution >= 0.6 is 34.8 Å². The second-order valence-corrected chi connectivity index (χ2v) is 5.05. The van der Waals surface area contributed by atoms with E-state index in [4.69, 9.17) is 40.1 Å². The van der Waals surface area contributed by atoms with Crippen LogP contribution in [0, 0.1) is 11.3 Å². The van der Waals surface area contributed by atoms with Crippen molar-refractivity contribution < 1.29 is 13.2 Å². The second kappa shape index (κ2) is 5.80. The van der Waals surface area contributed by atoms with E-state index in [2.05, 4.69) is 0 Å². The van der Waals surface area contributed by atoms with Gasteiger partial charge in [-0.3, -0.25) is 0 Å². The molecule has 0 fully saturated rings. The summed E-state index contributed by atoms with van der Waals surface area (Å²) in [5, 5.41) is 8.67. The Morgan fingerprint density at radius 3 is 2.29 bits per heavy atom. The number of nitrogens with zero attached hydrogens (tertiary/aromatic N) is 2. The summed E-state index contributed by atoms with van der Waals surface area (Å²) in [6.45, 7) is 0. The molecule has 2 rings (SSSR count). The number of nitriles is 1. The molecule has 0 radical (unpaired) electrons. The maximum absolute atomic E-state index is 13.1. The first kappa shape index (κ1) is 16.0. The van der Waals surface area contributed by atoms with Crippen LogP contribution in [0.25, 0.3) is 11.3 Å². The van der Waals surface area contributed by atoms with Crippen LogP contribution in [0.15, 0.2) is 24.3 Å². The fourth-order valence-electron chi connectivity index (χ4n) is 2.02. The summed E-state index contributed by atoms with van der Waals surface area (Å²) >= 11 is 17.4. The van der Waals surface area contributed by atoms with Gasteiger partial charge in [0.25, 0.3) is 0 Å². The molecule has 0 amide bonds. The van der Waals surface area contributed by atoms with E-state index in [-0.39, 0.29) is 21.8 Å². The second-order valence-electron chi connectivity index (χ2n) is 4.02. The van der Waals surface area contributed by atoms with Gasteiger partial charge in [0.15, 0.2) is 0 Å². The van der Waals surface area contributed by atoms with Crippen LogP contribution in [-0.4, -0.2) is 4.57 Å². The van der Waals surface area contributed by atoms with E-state index in [1.807, 2.05) is 0 Å². The molecule has 0 aliphatic carbocycles. The number of rotatable bonds is 2. The lowest BCUT2D eigenvalue weighted by Gasteiger charge is -2.13. The molecule has 8 heteroatoms. The molecule has 0 bridgehead atoms. The first-order chi connectivity index (χ1) is 9.82. The number of benzene rings is 1. The summed E-state index contributed by atoms with van der Waals surface area (Å²) in [5.74, 6) is 0. The van der Waals surface area contributed by atoms with Crippen LogP contribution in [0.3, 0.4) is 0 Å². The third-order valence-corrected chi connectivity index (χ3v) is 3.77. The third kappa shape index (κ3) is 2.71. The van der Waals surface area contributed by atoms with Gasteiger partial charge < -0.3 is 4.57 Å². The predicted molar refractivity (Wildman–Crippen MR) is 75.5 cm³/mol. The van der Waals surface area contributed by atoms with Gasteiger partial charge in [-0.05, 0) is 6.07 Å². The zero-order valence-corrected chi connectivity index (χ0v) is 12.4.